The summed E-state index contributed by atoms with van der Waals surface area (Å²) < 4.78 is 40.9. The first kappa shape index (κ1) is 22.9. The molecule has 0 saturated carbocycles. The van der Waals surface area contributed by atoms with Crippen LogP contribution in [0.5, 0.6) is 0 Å². The van der Waals surface area contributed by atoms with Crippen LogP contribution in [-0.2, 0) is 17.5 Å². The van der Waals surface area contributed by atoms with Crippen LogP contribution in [-0.4, -0.2) is 44.9 Å². The van der Waals surface area contributed by atoms with Gasteiger partial charge in [-0.25, -0.2) is 9.48 Å². The number of halogens is 4. The molecule has 0 atom stereocenters. The number of nitrogens with zero attached hydrogens (tertiary/aromatic N) is 5. The summed E-state index contributed by atoms with van der Waals surface area (Å²) in [5, 5.41) is 12.1. The Labute approximate surface area is 201 Å². The fraction of sp³-hybridized carbons (Fsp3) is 0.217. The van der Waals surface area contributed by atoms with Crippen LogP contribution in [0.15, 0.2) is 59.5 Å². The molecule has 0 radical (unpaired) electrons. The Bertz CT molecular complexity index is 1460. The van der Waals surface area contributed by atoms with E-state index in [1.54, 1.807) is 24.3 Å². The van der Waals surface area contributed by atoms with Crippen molar-refractivity contribution in [3.05, 3.63) is 81.4 Å². The second kappa shape index (κ2) is 8.73. The quantitative estimate of drug-likeness (QED) is 0.463. The van der Waals surface area contributed by atoms with Crippen LogP contribution in [0.4, 0.5) is 18.9 Å². The van der Waals surface area contributed by atoms with Crippen molar-refractivity contribution in [2.24, 2.45) is 0 Å². The molecule has 35 heavy (non-hydrogen) atoms. The maximum Gasteiger partial charge on any atom is 0.416 e. The van der Waals surface area contributed by atoms with Crippen molar-refractivity contribution >= 4 is 28.8 Å². The van der Waals surface area contributed by atoms with Gasteiger partial charge in [-0.2, -0.15) is 22.8 Å². The van der Waals surface area contributed by atoms with E-state index in [0.29, 0.717) is 34.9 Å². The molecule has 12 heteroatoms. The van der Waals surface area contributed by atoms with Crippen molar-refractivity contribution in [1.82, 2.24) is 24.7 Å². The van der Waals surface area contributed by atoms with Gasteiger partial charge in [-0.3, -0.25) is 4.79 Å². The van der Waals surface area contributed by atoms with Gasteiger partial charge < -0.3 is 10.2 Å². The Hall–Kier alpha value is -3.86. The van der Waals surface area contributed by atoms with E-state index in [2.05, 4.69) is 15.5 Å². The van der Waals surface area contributed by atoms with E-state index in [1.807, 2.05) is 4.90 Å². The highest BCUT2D eigenvalue weighted by molar-refractivity contribution is 6.30. The first-order valence-electron chi connectivity index (χ1n) is 10.6. The lowest BCUT2D eigenvalue weighted by Crippen LogP contribution is -2.48. The summed E-state index contributed by atoms with van der Waals surface area (Å²) in [5.74, 6) is -0.167. The van der Waals surface area contributed by atoms with Crippen LogP contribution in [0.1, 0.15) is 11.1 Å². The van der Waals surface area contributed by atoms with Gasteiger partial charge in [-0.1, -0.05) is 35.9 Å². The number of amides is 1. The van der Waals surface area contributed by atoms with Gasteiger partial charge >= 0.3 is 11.9 Å². The fourth-order valence-corrected chi connectivity index (χ4v) is 4.13. The molecule has 3 heterocycles. The SMILES string of the molecule is O=C1CN(c2c(-c3ccc(Cl)cc3)cnn3c(=O)n(Cc4ccc(C(F)(F)F)cc4)nc23)CCN1. The van der Waals surface area contributed by atoms with Gasteiger partial charge in [0, 0.05) is 23.7 Å². The van der Waals surface area contributed by atoms with Crippen LogP contribution in [0, 0.1) is 0 Å². The molecule has 1 N–H and O–H groups in total. The maximum absolute atomic E-state index is 13.1. The molecule has 4 aromatic rings. The predicted octanol–water partition coefficient (Wildman–Crippen LogP) is 3.21. The van der Waals surface area contributed by atoms with Crippen molar-refractivity contribution in [2.75, 3.05) is 24.5 Å². The lowest BCUT2D eigenvalue weighted by atomic mass is 10.1. The third kappa shape index (κ3) is 4.46. The zero-order chi connectivity index (χ0) is 24.7. The fourth-order valence-electron chi connectivity index (χ4n) is 4.01. The van der Waals surface area contributed by atoms with Crippen molar-refractivity contribution < 1.29 is 18.0 Å². The van der Waals surface area contributed by atoms with Gasteiger partial charge in [-0.05, 0) is 35.4 Å². The number of nitrogens with one attached hydrogen (secondary N) is 1. The second-order valence-corrected chi connectivity index (χ2v) is 8.49. The monoisotopic (exact) mass is 502 g/mol. The van der Waals surface area contributed by atoms with Gasteiger partial charge in [0.25, 0.3) is 0 Å². The van der Waals surface area contributed by atoms with Crippen molar-refractivity contribution in [2.45, 2.75) is 12.7 Å². The van der Waals surface area contributed by atoms with E-state index in [4.69, 9.17) is 11.6 Å². The summed E-state index contributed by atoms with van der Waals surface area (Å²) in [5.41, 5.74) is 1.38. The van der Waals surface area contributed by atoms with E-state index >= 15 is 0 Å². The van der Waals surface area contributed by atoms with Gasteiger partial charge in [0.15, 0.2) is 0 Å². The van der Waals surface area contributed by atoms with Crippen molar-refractivity contribution in [1.29, 1.82) is 0 Å². The van der Waals surface area contributed by atoms with Gasteiger partial charge in [0.1, 0.15) is 0 Å². The van der Waals surface area contributed by atoms with Crippen molar-refractivity contribution in [3.8, 4) is 11.1 Å². The molecule has 2 aromatic heterocycles. The molecular formula is C23H18ClF3N6O2. The van der Waals surface area contributed by atoms with E-state index in [0.717, 1.165) is 26.9 Å². The zero-order valence-electron chi connectivity index (χ0n) is 18.1. The summed E-state index contributed by atoms with van der Waals surface area (Å²) in [6.07, 6.45) is -2.92. The summed E-state index contributed by atoms with van der Waals surface area (Å²) in [4.78, 5) is 27.0. The standard InChI is InChI=1S/C23H18ClF3N6O2/c24-17-7-3-15(4-8-17)18-11-29-33-21(20(18)31-10-9-28-19(34)13-31)30-32(22(33)35)12-14-1-5-16(6-2-14)23(25,26)27/h1-8,11H,9-10,12-13H2,(H,28,34). The molecule has 0 spiro atoms. The van der Waals surface area contributed by atoms with Gasteiger partial charge in [-0.15, -0.1) is 5.10 Å². The molecular weight excluding hydrogens is 485 g/mol. The molecule has 1 saturated heterocycles. The molecule has 1 aliphatic rings. The van der Waals surface area contributed by atoms with Crippen LogP contribution in [0.25, 0.3) is 16.8 Å². The average Bonchev–Trinajstić information content (AvgIpc) is 3.14. The molecule has 0 bridgehead atoms. The number of aromatic nitrogens is 4. The number of benzene rings is 2. The minimum absolute atomic E-state index is 0.0451. The zero-order valence-corrected chi connectivity index (χ0v) is 18.8. The third-order valence-electron chi connectivity index (χ3n) is 5.71. The molecule has 1 amide bonds. The summed E-state index contributed by atoms with van der Waals surface area (Å²) >= 11 is 6.04. The molecule has 8 nitrogen and oxygen atoms in total. The Morgan fingerprint density at radius 1 is 1.03 bits per heavy atom. The van der Waals surface area contributed by atoms with Gasteiger partial charge in [0.2, 0.25) is 11.6 Å². The Kier molecular flexibility index (Phi) is 5.72. The van der Waals surface area contributed by atoms with E-state index < -0.39 is 17.4 Å². The lowest BCUT2D eigenvalue weighted by Gasteiger charge is -2.30. The first-order chi connectivity index (χ1) is 16.7. The summed E-state index contributed by atoms with van der Waals surface area (Å²) in [6, 6.07) is 11.6. The third-order valence-corrected chi connectivity index (χ3v) is 5.96. The number of anilines is 1. The molecule has 180 valence electrons. The number of hydrogen-bond donors (Lipinski definition) is 1. The molecule has 0 unspecified atom stereocenters. The lowest BCUT2D eigenvalue weighted by molar-refractivity contribution is -0.137. The molecule has 1 aliphatic heterocycles. The van der Waals surface area contributed by atoms with E-state index in [-0.39, 0.29) is 24.6 Å². The van der Waals surface area contributed by atoms with Crippen LogP contribution in [0.2, 0.25) is 5.02 Å². The van der Waals surface area contributed by atoms with E-state index in [9.17, 15) is 22.8 Å². The first-order valence-corrected chi connectivity index (χ1v) is 11.0. The number of carbonyl (C=O) groups is 1. The highest BCUT2D eigenvalue weighted by Gasteiger charge is 2.30. The Balaban J connectivity index is 1.61. The predicted molar refractivity (Wildman–Crippen MR) is 123 cm³/mol. The van der Waals surface area contributed by atoms with Crippen LogP contribution in [0.3, 0.4) is 0 Å². The highest BCUT2D eigenvalue weighted by Crippen LogP contribution is 2.34. The molecule has 0 aliphatic carbocycles. The molecule has 1 fully saturated rings. The minimum atomic E-state index is -4.45. The normalized spacial score (nSPS) is 14.4. The number of hydrogen-bond acceptors (Lipinski definition) is 5. The number of alkyl halides is 3. The number of carbonyl (C=O) groups excluding carboxylic acids is 1. The van der Waals surface area contributed by atoms with E-state index in [1.165, 1.54) is 18.3 Å². The smallest absolute Gasteiger partial charge is 0.357 e. The number of fused-ring (bicyclic) bond motifs is 1. The van der Waals surface area contributed by atoms with Gasteiger partial charge in [0.05, 0.1) is 30.5 Å². The highest BCUT2D eigenvalue weighted by atomic mass is 35.5. The average molecular weight is 503 g/mol. The topological polar surface area (TPSA) is 84.5 Å². The van der Waals surface area contributed by atoms with Crippen molar-refractivity contribution in [3.63, 3.8) is 0 Å². The molecule has 2 aromatic carbocycles. The molecule has 5 rings (SSSR count). The number of piperazine rings is 1. The summed E-state index contributed by atoms with van der Waals surface area (Å²) in [6.45, 7) is 0.937. The second-order valence-electron chi connectivity index (χ2n) is 8.06. The summed E-state index contributed by atoms with van der Waals surface area (Å²) in [7, 11) is 0. The largest absolute Gasteiger partial charge is 0.416 e. The maximum atomic E-state index is 13.1. The minimum Gasteiger partial charge on any atom is -0.357 e. The Morgan fingerprint density at radius 2 is 1.74 bits per heavy atom. The number of rotatable bonds is 4. The van der Waals surface area contributed by atoms with Crippen LogP contribution < -0.4 is 15.9 Å². The Morgan fingerprint density at radius 3 is 2.40 bits per heavy atom. The van der Waals surface area contributed by atoms with Crippen LogP contribution >= 0.6 is 11.6 Å².